The molecule has 4 amide bonds. The molecule has 4 saturated heterocycles. The zero-order valence-electron chi connectivity index (χ0n) is 23.6. The zero-order chi connectivity index (χ0) is 29.4. The number of ketones is 1. The standard InChI is InChI=1S/C16H26N4O4.C11H18N2O3/c1-11(21)13(14(17)23)20-8-4-5-16(20)10-19(15(16)24)9-12(22)18-6-2-3-7-18;1-7(14)9(10(12)16)13-6-2-4-11(13)5-3-8(11)15/h11,13,21H,2-10H2,1H3,(H2,17,23);7,9,14H,2-6H2,1H3,(H2,12,16)/t11-,13+,16?;7-,9+,11?/m11/s1. The average molecular weight is 565 g/mol. The van der Waals surface area contributed by atoms with Crippen LogP contribution in [0.15, 0.2) is 0 Å². The van der Waals surface area contributed by atoms with Crippen molar-refractivity contribution in [2.45, 2.75) is 101 Å². The van der Waals surface area contributed by atoms with Gasteiger partial charge in [0.05, 0.1) is 24.3 Å². The number of nitrogens with zero attached hydrogens (tertiary/aromatic N) is 4. The number of likely N-dealkylation sites (tertiary alicyclic amines) is 4. The van der Waals surface area contributed by atoms with Gasteiger partial charge < -0.3 is 31.5 Å². The van der Waals surface area contributed by atoms with E-state index in [1.165, 1.54) is 6.92 Å². The Morgan fingerprint density at radius 1 is 0.800 bits per heavy atom. The summed E-state index contributed by atoms with van der Waals surface area (Å²) in [5.41, 5.74) is 9.48. The van der Waals surface area contributed by atoms with Gasteiger partial charge in [0.2, 0.25) is 23.6 Å². The molecule has 0 radical (unpaired) electrons. The lowest BCUT2D eigenvalue weighted by Gasteiger charge is -2.53. The number of β-lactam (4-membered cyclic amide) rings is 1. The monoisotopic (exact) mass is 564 g/mol. The molecule has 6 N–H and O–H groups in total. The van der Waals surface area contributed by atoms with E-state index in [4.69, 9.17) is 11.5 Å². The molecule has 0 aromatic rings. The quantitative estimate of drug-likeness (QED) is 0.240. The van der Waals surface area contributed by atoms with Crippen LogP contribution in [0.3, 0.4) is 0 Å². The van der Waals surface area contributed by atoms with E-state index in [1.54, 1.807) is 21.6 Å². The average Bonchev–Trinajstić information content (AvgIpc) is 3.64. The van der Waals surface area contributed by atoms with Crippen LogP contribution in [-0.2, 0) is 24.0 Å². The second-order valence-electron chi connectivity index (χ2n) is 12.0. The van der Waals surface area contributed by atoms with Gasteiger partial charge in [-0.2, -0.15) is 0 Å². The summed E-state index contributed by atoms with van der Waals surface area (Å²) in [5.74, 6) is -1.11. The van der Waals surface area contributed by atoms with Gasteiger partial charge in [0.25, 0.3) is 0 Å². The number of carbonyl (C=O) groups excluding carboxylic acids is 5. The highest BCUT2D eigenvalue weighted by atomic mass is 16.3. The second kappa shape index (κ2) is 11.7. The van der Waals surface area contributed by atoms with Crippen LogP contribution >= 0.6 is 0 Å². The number of nitrogens with two attached hydrogens (primary N) is 2. The summed E-state index contributed by atoms with van der Waals surface area (Å²) in [7, 11) is 0. The van der Waals surface area contributed by atoms with Crippen molar-refractivity contribution in [3.05, 3.63) is 0 Å². The Morgan fingerprint density at radius 2 is 1.30 bits per heavy atom. The molecule has 2 unspecified atom stereocenters. The third-order valence-corrected chi connectivity index (χ3v) is 9.45. The Hall–Kier alpha value is -2.61. The predicted octanol–water partition coefficient (Wildman–Crippen LogP) is -2.06. The number of aliphatic hydroxyl groups excluding tert-OH is 2. The lowest BCUT2D eigenvalue weighted by Crippen LogP contribution is -2.75. The van der Waals surface area contributed by atoms with E-state index in [0.717, 1.165) is 51.6 Å². The fraction of sp³-hybridized carbons (Fsp3) is 0.815. The van der Waals surface area contributed by atoms with Gasteiger partial charge in [-0.25, -0.2) is 0 Å². The molecule has 5 fully saturated rings. The van der Waals surface area contributed by atoms with Gasteiger partial charge >= 0.3 is 0 Å². The van der Waals surface area contributed by atoms with Gasteiger partial charge in [0, 0.05) is 39.1 Å². The predicted molar refractivity (Wildman–Crippen MR) is 143 cm³/mol. The number of hydrogen-bond donors (Lipinski definition) is 4. The molecule has 0 bridgehead atoms. The van der Waals surface area contributed by atoms with Crippen LogP contribution in [0.4, 0.5) is 0 Å². The van der Waals surface area contributed by atoms with Crippen LogP contribution in [0.1, 0.15) is 65.2 Å². The van der Waals surface area contributed by atoms with E-state index < -0.39 is 47.2 Å². The SMILES string of the molecule is C[C@@H](O)[C@@H](C(N)=O)N1CCCC12CCC2=O.C[C@@H](O)[C@@H](C(N)=O)N1CCCC12CN(CC(=O)N1CCCC1)C2=O. The van der Waals surface area contributed by atoms with Crippen molar-refractivity contribution < 1.29 is 34.2 Å². The highest BCUT2D eigenvalue weighted by Crippen LogP contribution is 2.44. The number of Topliss-reactive ketones (excluding diaryl/α,β-unsaturated/α-hetero) is 1. The van der Waals surface area contributed by atoms with Gasteiger partial charge in [0.15, 0.2) is 5.78 Å². The fourth-order valence-electron chi connectivity index (χ4n) is 7.41. The highest BCUT2D eigenvalue weighted by Gasteiger charge is 2.61. The van der Waals surface area contributed by atoms with Crippen LogP contribution < -0.4 is 11.5 Å². The largest absolute Gasteiger partial charge is 0.391 e. The third kappa shape index (κ3) is 5.24. The summed E-state index contributed by atoms with van der Waals surface area (Å²) in [6.45, 7) is 6.34. The molecular weight excluding hydrogens is 520 g/mol. The zero-order valence-corrected chi connectivity index (χ0v) is 23.6. The molecule has 2 spiro atoms. The van der Waals surface area contributed by atoms with E-state index in [-0.39, 0.29) is 24.1 Å². The topological polar surface area (TPSA) is 191 Å². The smallest absolute Gasteiger partial charge is 0.245 e. The molecule has 4 heterocycles. The van der Waals surface area contributed by atoms with Crippen molar-refractivity contribution in [2.75, 3.05) is 39.3 Å². The van der Waals surface area contributed by atoms with Crippen molar-refractivity contribution in [1.82, 2.24) is 19.6 Å². The molecule has 0 aromatic heterocycles. The van der Waals surface area contributed by atoms with Crippen molar-refractivity contribution in [1.29, 1.82) is 0 Å². The summed E-state index contributed by atoms with van der Waals surface area (Å²) < 4.78 is 0. The van der Waals surface area contributed by atoms with Crippen LogP contribution in [0.5, 0.6) is 0 Å². The first-order chi connectivity index (χ1) is 18.9. The number of carbonyl (C=O) groups is 5. The summed E-state index contributed by atoms with van der Waals surface area (Å²) >= 11 is 0. The lowest BCUT2D eigenvalue weighted by atomic mass is 9.72. The van der Waals surface area contributed by atoms with Gasteiger partial charge in [-0.1, -0.05) is 0 Å². The van der Waals surface area contributed by atoms with E-state index in [9.17, 15) is 34.2 Å². The highest BCUT2D eigenvalue weighted by molar-refractivity contribution is 5.97. The molecule has 224 valence electrons. The maximum atomic E-state index is 12.8. The van der Waals surface area contributed by atoms with Crippen LogP contribution in [-0.4, -0.2) is 134 Å². The maximum absolute atomic E-state index is 12.8. The van der Waals surface area contributed by atoms with E-state index in [2.05, 4.69) is 0 Å². The Balaban J connectivity index is 0.000000201. The fourth-order valence-corrected chi connectivity index (χ4v) is 7.41. The first-order valence-corrected chi connectivity index (χ1v) is 14.4. The molecule has 1 aliphatic carbocycles. The van der Waals surface area contributed by atoms with Crippen LogP contribution in [0, 0.1) is 0 Å². The number of aliphatic hydroxyl groups is 2. The number of hydrogen-bond acceptors (Lipinski definition) is 9. The number of primary amides is 2. The summed E-state index contributed by atoms with van der Waals surface area (Å²) in [6, 6.07) is -1.60. The molecular formula is C27H44N6O7. The third-order valence-electron chi connectivity index (χ3n) is 9.45. The molecule has 0 aromatic carbocycles. The summed E-state index contributed by atoms with van der Waals surface area (Å²) in [5, 5.41) is 19.5. The lowest BCUT2D eigenvalue weighted by molar-refractivity contribution is -0.170. The van der Waals surface area contributed by atoms with Gasteiger partial charge in [-0.15, -0.1) is 0 Å². The molecule has 40 heavy (non-hydrogen) atoms. The minimum atomic E-state index is -0.939. The molecule has 5 rings (SSSR count). The molecule has 1 saturated carbocycles. The normalized spacial score (nSPS) is 31.4. The number of amides is 4. The van der Waals surface area contributed by atoms with Crippen LogP contribution in [0.25, 0.3) is 0 Å². The van der Waals surface area contributed by atoms with Crippen LogP contribution in [0.2, 0.25) is 0 Å². The second-order valence-corrected chi connectivity index (χ2v) is 12.0. The minimum Gasteiger partial charge on any atom is -0.391 e. The summed E-state index contributed by atoms with van der Waals surface area (Å²) in [6.07, 6.45) is 4.74. The summed E-state index contributed by atoms with van der Waals surface area (Å²) in [4.78, 5) is 66.8. The first-order valence-electron chi connectivity index (χ1n) is 14.4. The van der Waals surface area contributed by atoms with Gasteiger partial charge in [-0.05, 0) is 58.8 Å². The minimum absolute atomic E-state index is 0.0118. The first kappa shape index (κ1) is 30.4. The van der Waals surface area contributed by atoms with Crippen molar-refractivity contribution in [3.8, 4) is 0 Å². The van der Waals surface area contributed by atoms with Gasteiger partial charge in [-0.3, -0.25) is 33.8 Å². The van der Waals surface area contributed by atoms with Crippen molar-refractivity contribution >= 4 is 29.4 Å². The molecule has 4 aliphatic heterocycles. The Labute approximate surface area is 234 Å². The Bertz CT molecular complexity index is 1030. The Kier molecular flexibility index (Phi) is 8.88. The maximum Gasteiger partial charge on any atom is 0.245 e. The van der Waals surface area contributed by atoms with E-state index in [0.29, 0.717) is 32.5 Å². The van der Waals surface area contributed by atoms with E-state index >= 15 is 0 Å². The molecule has 5 aliphatic rings. The van der Waals surface area contributed by atoms with Crippen molar-refractivity contribution in [3.63, 3.8) is 0 Å². The van der Waals surface area contributed by atoms with E-state index in [1.807, 2.05) is 4.90 Å². The van der Waals surface area contributed by atoms with Gasteiger partial charge in [0.1, 0.15) is 17.6 Å². The Morgan fingerprint density at radius 3 is 1.70 bits per heavy atom. The number of rotatable bonds is 8. The van der Waals surface area contributed by atoms with Crippen molar-refractivity contribution in [2.24, 2.45) is 11.5 Å². The molecule has 13 nitrogen and oxygen atoms in total. The molecule has 6 atom stereocenters. The molecule has 13 heteroatoms.